The number of aliphatic carboxylic acids is 3. The van der Waals surface area contributed by atoms with Crippen LogP contribution in [0.2, 0.25) is 0 Å². The lowest BCUT2D eigenvalue weighted by Crippen LogP contribution is -2.60. The normalized spacial score (nSPS) is 15.2. The van der Waals surface area contributed by atoms with Crippen molar-refractivity contribution in [2.45, 2.75) is 109 Å². The van der Waals surface area contributed by atoms with E-state index < -0.39 is 103 Å². The SMILES string of the molecule is CC(C)C[C@H](NC(=O)[C@H](CC(C)C)NC(=O)[C@H](CC(=O)O)NC(=O)[C@@H](N)CC(=O)O)C(=O)N[C@@H](Cc1ccccc1)C(=O)N[C@H](C(=O)O)[C@@H](C)O. The summed E-state index contributed by atoms with van der Waals surface area (Å²) in [5.41, 5.74) is 6.15. The molecule has 0 spiro atoms. The molecule has 18 nitrogen and oxygen atoms in total. The molecule has 0 aliphatic heterocycles. The Bertz CT molecular complexity index is 1390. The van der Waals surface area contributed by atoms with E-state index in [0.29, 0.717) is 5.56 Å². The molecule has 51 heavy (non-hydrogen) atoms. The zero-order valence-corrected chi connectivity index (χ0v) is 29.3. The number of benzene rings is 1. The largest absolute Gasteiger partial charge is 0.481 e. The molecule has 0 aromatic heterocycles. The highest BCUT2D eigenvalue weighted by molar-refractivity contribution is 5.97. The van der Waals surface area contributed by atoms with Crippen molar-refractivity contribution in [1.82, 2.24) is 26.6 Å². The van der Waals surface area contributed by atoms with E-state index >= 15 is 0 Å². The number of carbonyl (C=O) groups is 8. The van der Waals surface area contributed by atoms with E-state index in [4.69, 9.17) is 10.8 Å². The lowest BCUT2D eigenvalue weighted by atomic mass is 9.98. The van der Waals surface area contributed by atoms with Crippen molar-refractivity contribution in [3.05, 3.63) is 35.9 Å². The Labute approximate surface area is 295 Å². The molecule has 7 atom stereocenters. The first kappa shape index (κ1) is 43.9. The van der Waals surface area contributed by atoms with Crippen molar-refractivity contribution in [2.75, 3.05) is 0 Å². The summed E-state index contributed by atoms with van der Waals surface area (Å²) < 4.78 is 0. The smallest absolute Gasteiger partial charge is 0.328 e. The van der Waals surface area contributed by atoms with Gasteiger partial charge in [-0.1, -0.05) is 58.0 Å². The van der Waals surface area contributed by atoms with Crippen LogP contribution >= 0.6 is 0 Å². The second kappa shape index (κ2) is 21.2. The average molecular weight is 723 g/mol. The van der Waals surface area contributed by atoms with E-state index in [1.54, 1.807) is 58.0 Å². The van der Waals surface area contributed by atoms with Gasteiger partial charge in [-0.25, -0.2) is 4.79 Å². The number of carboxylic acid groups (broad SMARTS) is 3. The number of aliphatic hydroxyl groups is 1. The quantitative estimate of drug-likeness (QED) is 0.0652. The lowest BCUT2D eigenvalue weighted by Gasteiger charge is -2.28. The van der Waals surface area contributed by atoms with E-state index in [2.05, 4.69) is 26.6 Å². The topological polar surface area (TPSA) is 304 Å². The number of amides is 5. The van der Waals surface area contributed by atoms with Crippen molar-refractivity contribution in [2.24, 2.45) is 17.6 Å². The number of carboxylic acids is 3. The summed E-state index contributed by atoms with van der Waals surface area (Å²) in [6, 6.07) is -0.465. The Morgan fingerprint density at radius 2 is 1.00 bits per heavy atom. The first-order valence-electron chi connectivity index (χ1n) is 16.4. The molecule has 0 heterocycles. The van der Waals surface area contributed by atoms with Crippen LogP contribution in [0.15, 0.2) is 30.3 Å². The average Bonchev–Trinajstić information content (AvgIpc) is 3.01. The van der Waals surface area contributed by atoms with Crippen LogP contribution in [-0.2, 0) is 44.8 Å². The third-order valence-corrected chi connectivity index (χ3v) is 7.39. The van der Waals surface area contributed by atoms with Crippen molar-refractivity contribution in [1.29, 1.82) is 0 Å². The summed E-state index contributed by atoms with van der Waals surface area (Å²) in [7, 11) is 0. The van der Waals surface area contributed by atoms with Gasteiger partial charge in [-0.05, 0) is 37.2 Å². The maximum atomic E-state index is 13.7. The summed E-state index contributed by atoms with van der Waals surface area (Å²) in [5.74, 6) is -9.53. The minimum Gasteiger partial charge on any atom is -0.481 e. The predicted octanol–water partition coefficient (Wildman–Crippen LogP) is -1.51. The van der Waals surface area contributed by atoms with E-state index in [0.717, 1.165) is 0 Å². The molecule has 0 aliphatic rings. The van der Waals surface area contributed by atoms with Crippen molar-refractivity contribution >= 4 is 47.4 Å². The Morgan fingerprint density at radius 1 is 0.588 bits per heavy atom. The zero-order chi connectivity index (χ0) is 39.0. The molecule has 0 unspecified atom stereocenters. The summed E-state index contributed by atoms with van der Waals surface area (Å²) >= 11 is 0. The summed E-state index contributed by atoms with van der Waals surface area (Å²) in [6.45, 7) is 8.18. The van der Waals surface area contributed by atoms with E-state index in [1.807, 2.05) is 0 Å². The van der Waals surface area contributed by atoms with Crippen molar-refractivity contribution in [3.63, 3.8) is 0 Å². The van der Waals surface area contributed by atoms with Crippen molar-refractivity contribution in [3.8, 4) is 0 Å². The monoisotopic (exact) mass is 722 g/mol. The van der Waals surface area contributed by atoms with Crippen LogP contribution in [0.5, 0.6) is 0 Å². The molecular weight excluding hydrogens is 672 g/mol. The highest BCUT2D eigenvalue weighted by Gasteiger charge is 2.35. The first-order valence-corrected chi connectivity index (χ1v) is 16.4. The van der Waals surface area contributed by atoms with Gasteiger partial charge < -0.3 is 52.7 Å². The second-order valence-electron chi connectivity index (χ2n) is 13.1. The zero-order valence-electron chi connectivity index (χ0n) is 29.3. The molecule has 0 aliphatic carbocycles. The third kappa shape index (κ3) is 16.4. The number of carbonyl (C=O) groups excluding carboxylic acids is 5. The number of aliphatic hydroxyl groups excluding tert-OH is 1. The highest BCUT2D eigenvalue weighted by Crippen LogP contribution is 2.12. The predicted molar refractivity (Wildman–Crippen MR) is 181 cm³/mol. The van der Waals surface area contributed by atoms with Crippen LogP contribution < -0.4 is 32.3 Å². The molecule has 11 N–H and O–H groups in total. The highest BCUT2D eigenvalue weighted by atomic mass is 16.4. The van der Waals surface area contributed by atoms with Gasteiger partial charge in [-0.3, -0.25) is 33.6 Å². The molecule has 0 bridgehead atoms. The number of rotatable bonds is 22. The van der Waals surface area contributed by atoms with Crippen molar-refractivity contribution < 1.29 is 58.8 Å². The Hall–Kier alpha value is -5.10. The fraction of sp³-hybridized carbons (Fsp3) is 0.576. The van der Waals surface area contributed by atoms with E-state index in [9.17, 15) is 53.7 Å². The minimum absolute atomic E-state index is 0.00875. The summed E-state index contributed by atoms with van der Waals surface area (Å²) in [6.07, 6.45) is -3.19. The van der Waals surface area contributed by atoms with Gasteiger partial charge in [-0.2, -0.15) is 0 Å². The minimum atomic E-state index is -1.74. The Morgan fingerprint density at radius 3 is 1.41 bits per heavy atom. The van der Waals surface area contributed by atoms with Crippen LogP contribution in [0.1, 0.15) is 65.9 Å². The molecule has 0 radical (unpaired) electrons. The number of hydrogen-bond donors (Lipinski definition) is 10. The van der Waals surface area contributed by atoms with E-state index in [-0.39, 0.29) is 31.1 Å². The van der Waals surface area contributed by atoms with Crippen LogP contribution in [-0.4, -0.2) is 110 Å². The van der Waals surface area contributed by atoms with Gasteiger partial charge in [0.25, 0.3) is 0 Å². The molecule has 18 heteroatoms. The van der Waals surface area contributed by atoms with Gasteiger partial charge in [0.2, 0.25) is 29.5 Å². The third-order valence-electron chi connectivity index (χ3n) is 7.39. The standard InChI is InChI=1S/C33H50N6O12/c1-16(2)11-21(37-31(48)24(15-26(43)44)35-28(45)20(34)14-25(41)42)29(46)36-22(12-17(3)4)30(47)38-23(13-19-9-7-6-8-10-19)32(49)39-27(18(5)40)33(50)51/h6-10,16-18,20-24,27,40H,11-15,34H2,1-5H3,(H,35,45)(H,36,46)(H,37,48)(H,38,47)(H,39,49)(H,41,42)(H,43,44)(H,50,51)/t18-,20+,21+,22+,23+,24+,27+/m1/s1. The van der Waals surface area contributed by atoms with Gasteiger partial charge >= 0.3 is 17.9 Å². The molecule has 0 saturated heterocycles. The molecule has 0 fully saturated rings. The van der Waals surface area contributed by atoms with Gasteiger partial charge in [0.05, 0.1) is 25.0 Å². The lowest BCUT2D eigenvalue weighted by molar-refractivity contribution is -0.145. The van der Waals surface area contributed by atoms with Gasteiger partial charge in [0.15, 0.2) is 6.04 Å². The van der Waals surface area contributed by atoms with Gasteiger partial charge in [0, 0.05) is 6.42 Å². The fourth-order valence-corrected chi connectivity index (χ4v) is 4.87. The maximum Gasteiger partial charge on any atom is 0.328 e. The molecule has 5 amide bonds. The molecule has 0 saturated carbocycles. The second-order valence-corrected chi connectivity index (χ2v) is 13.1. The van der Waals surface area contributed by atoms with Gasteiger partial charge in [0.1, 0.15) is 24.2 Å². The first-order chi connectivity index (χ1) is 23.7. The maximum absolute atomic E-state index is 13.7. The van der Waals surface area contributed by atoms with Crippen LogP contribution in [0.25, 0.3) is 0 Å². The molecule has 1 aromatic carbocycles. The summed E-state index contributed by atoms with van der Waals surface area (Å²) in [4.78, 5) is 100. The fourth-order valence-electron chi connectivity index (χ4n) is 4.87. The molecular formula is C33H50N6O12. The van der Waals surface area contributed by atoms with Crippen LogP contribution in [0, 0.1) is 11.8 Å². The number of nitrogens with two attached hydrogens (primary N) is 1. The van der Waals surface area contributed by atoms with Gasteiger partial charge in [-0.15, -0.1) is 0 Å². The molecule has 1 aromatic rings. The van der Waals surface area contributed by atoms with Crippen LogP contribution in [0.3, 0.4) is 0 Å². The Balaban J connectivity index is 3.32. The molecule has 284 valence electrons. The van der Waals surface area contributed by atoms with Crippen LogP contribution in [0.4, 0.5) is 0 Å². The van der Waals surface area contributed by atoms with E-state index in [1.165, 1.54) is 6.92 Å². The molecule has 1 rings (SSSR count). The number of nitrogens with one attached hydrogen (secondary N) is 5. The Kier molecular flexibility index (Phi) is 18.3. The summed E-state index contributed by atoms with van der Waals surface area (Å²) in [5, 5.41) is 49.5. The number of hydrogen-bond acceptors (Lipinski definition) is 10.